The van der Waals surface area contributed by atoms with Crippen LogP contribution in [0.2, 0.25) is 0 Å². The maximum atomic E-state index is 9.61. The maximum Gasteiger partial charge on any atom is 0.0664 e. The van der Waals surface area contributed by atoms with E-state index in [1.165, 1.54) is 19.3 Å². The van der Waals surface area contributed by atoms with E-state index in [1.54, 1.807) is 0 Å². The topological polar surface area (TPSA) is 52.5 Å². The van der Waals surface area contributed by atoms with Gasteiger partial charge in [-0.15, -0.1) is 0 Å². The summed E-state index contributed by atoms with van der Waals surface area (Å²) >= 11 is 0. The van der Waals surface area contributed by atoms with Crippen LogP contribution in [0.1, 0.15) is 46.0 Å². The third-order valence-electron chi connectivity index (χ3n) is 2.58. The second kappa shape index (κ2) is 10.4. The van der Waals surface area contributed by atoms with Crippen molar-refractivity contribution in [2.75, 3.05) is 19.7 Å². The molecular weight excluding hydrogens is 190 g/mol. The van der Waals surface area contributed by atoms with Crippen molar-refractivity contribution in [3.05, 3.63) is 0 Å². The monoisotopic (exact) mass is 217 g/mol. The summed E-state index contributed by atoms with van der Waals surface area (Å²) in [4.78, 5) is 0. The normalized spacial score (nSPS) is 15.2. The third kappa shape index (κ3) is 10.2. The fraction of sp³-hybridized carbons (Fsp3) is 1.00. The Labute approximate surface area is 93.9 Å². The molecule has 15 heavy (non-hydrogen) atoms. The molecule has 3 N–H and O–H groups in total. The zero-order chi connectivity index (χ0) is 11.5. The molecule has 0 fully saturated rings. The highest BCUT2D eigenvalue weighted by Gasteiger charge is 2.04. The average Bonchev–Trinajstić information content (AvgIpc) is 2.24. The minimum atomic E-state index is -0.229. The Morgan fingerprint density at radius 2 is 1.87 bits per heavy atom. The summed E-state index contributed by atoms with van der Waals surface area (Å²) in [6, 6.07) is 0. The molecule has 0 heterocycles. The first-order valence-corrected chi connectivity index (χ1v) is 6.20. The van der Waals surface area contributed by atoms with Gasteiger partial charge in [0, 0.05) is 13.2 Å². The number of hydrogen-bond acceptors (Lipinski definition) is 3. The fourth-order valence-electron chi connectivity index (χ4n) is 1.47. The quantitative estimate of drug-likeness (QED) is 0.486. The van der Waals surface area contributed by atoms with E-state index >= 15 is 0 Å². The van der Waals surface area contributed by atoms with Gasteiger partial charge in [0.05, 0.1) is 6.10 Å². The Kier molecular flexibility index (Phi) is 10.3. The van der Waals surface area contributed by atoms with E-state index in [2.05, 4.69) is 12.2 Å². The standard InChI is InChI=1S/C12H27NO2/c1-3-4-5-6-7-12(15)9-13-8-11(2)10-14/h11-15H,3-10H2,1-2H3. The first-order valence-electron chi connectivity index (χ1n) is 6.20. The van der Waals surface area contributed by atoms with Crippen LogP contribution in [-0.4, -0.2) is 36.0 Å². The minimum absolute atomic E-state index is 0.208. The predicted molar refractivity (Wildman–Crippen MR) is 63.9 cm³/mol. The number of rotatable bonds is 10. The lowest BCUT2D eigenvalue weighted by Gasteiger charge is -2.13. The van der Waals surface area contributed by atoms with Gasteiger partial charge in [0.2, 0.25) is 0 Å². The van der Waals surface area contributed by atoms with Crippen molar-refractivity contribution in [1.82, 2.24) is 5.32 Å². The summed E-state index contributed by atoms with van der Waals surface area (Å²) in [6.45, 7) is 5.81. The highest BCUT2D eigenvalue weighted by Crippen LogP contribution is 2.04. The van der Waals surface area contributed by atoms with E-state index in [0.29, 0.717) is 6.54 Å². The van der Waals surface area contributed by atoms with Crippen molar-refractivity contribution < 1.29 is 10.2 Å². The molecule has 0 saturated carbocycles. The number of nitrogens with one attached hydrogen (secondary N) is 1. The molecule has 0 radical (unpaired) electrons. The Bertz CT molecular complexity index is 131. The van der Waals surface area contributed by atoms with Crippen LogP contribution in [0.25, 0.3) is 0 Å². The molecule has 0 amide bonds. The second-order valence-electron chi connectivity index (χ2n) is 4.45. The van der Waals surface area contributed by atoms with E-state index in [0.717, 1.165) is 19.4 Å². The lowest BCUT2D eigenvalue weighted by Crippen LogP contribution is -2.31. The maximum absolute atomic E-state index is 9.61. The summed E-state index contributed by atoms with van der Waals surface area (Å²) < 4.78 is 0. The van der Waals surface area contributed by atoms with Crippen LogP contribution in [-0.2, 0) is 0 Å². The molecule has 0 aromatic heterocycles. The van der Waals surface area contributed by atoms with E-state index in [4.69, 9.17) is 5.11 Å². The Morgan fingerprint density at radius 3 is 2.47 bits per heavy atom. The molecule has 92 valence electrons. The van der Waals surface area contributed by atoms with Crippen molar-refractivity contribution in [3.63, 3.8) is 0 Å². The molecule has 0 saturated heterocycles. The van der Waals surface area contributed by atoms with E-state index in [-0.39, 0.29) is 18.6 Å². The van der Waals surface area contributed by atoms with E-state index in [1.807, 2.05) is 6.92 Å². The van der Waals surface area contributed by atoms with Gasteiger partial charge < -0.3 is 15.5 Å². The van der Waals surface area contributed by atoms with Crippen molar-refractivity contribution >= 4 is 0 Å². The van der Waals surface area contributed by atoms with Crippen LogP contribution >= 0.6 is 0 Å². The number of aliphatic hydroxyl groups is 2. The van der Waals surface area contributed by atoms with E-state index < -0.39 is 0 Å². The Balaban J connectivity index is 3.21. The molecule has 3 nitrogen and oxygen atoms in total. The van der Waals surface area contributed by atoms with Crippen molar-refractivity contribution in [1.29, 1.82) is 0 Å². The van der Waals surface area contributed by atoms with Crippen LogP contribution in [0.15, 0.2) is 0 Å². The van der Waals surface area contributed by atoms with Gasteiger partial charge in [0.25, 0.3) is 0 Å². The van der Waals surface area contributed by atoms with Gasteiger partial charge in [-0.2, -0.15) is 0 Å². The third-order valence-corrected chi connectivity index (χ3v) is 2.58. The van der Waals surface area contributed by atoms with Crippen LogP contribution in [0, 0.1) is 5.92 Å². The molecule has 2 unspecified atom stereocenters. The molecule has 0 aromatic carbocycles. The number of hydrogen-bond donors (Lipinski definition) is 3. The summed E-state index contributed by atoms with van der Waals surface area (Å²) in [5, 5.41) is 21.6. The first-order chi connectivity index (χ1) is 7.20. The number of unbranched alkanes of at least 4 members (excludes halogenated alkanes) is 3. The molecular formula is C12H27NO2. The van der Waals surface area contributed by atoms with Gasteiger partial charge in [-0.25, -0.2) is 0 Å². The van der Waals surface area contributed by atoms with Crippen LogP contribution in [0.5, 0.6) is 0 Å². The summed E-state index contributed by atoms with van der Waals surface area (Å²) in [7, 11) is 0. The van der Waals surface area contributed by atoms with Crippen LogP contribution in [0.3, 0.4) is 0 Å². The molecule has 2 atom stereocenters. The van der Waals surface area contributed by atoms with Gasteiger partial charge >= 0.3 is 0 Å². The molecule has 0 aliphatic carbocycles. The Hall–Kier alpha value is -0.120. The van der Waals surface area contributed by atoms with Crippen molar-refractivity contribution in [3.8, 4) is 0 Å². The molecule has 0 aliphatic rings. The van der Waals surface area contributed by atoms with Gasteiger partial charge in [-0.05, 0) is 18.9 Å². The zero-order valence-corrected chi connectivity index (χ0v) is 10.2. The average molecular weight is 217 g/mol. The molecule has 0 aromatic rings. The fourth-order valence-corrected chi connectivity index (χ4v) is 1.47. The number of aliphatic hydroxyl groups excluding tert-OH is 2. The second-order valence-corrected chi connectivity index (χ2v) is 4.45. The summed E-state index contributed by atoms with van der Waals surface area (Å²) in [5.41, 5.74) is 0. The lowest BCUT2D eigenvalue weighted by molar-refractivity contribution is 0.153. The molecule has 0 rings (SSSR count). The van der Waals surface area contributed by atoms with E-state index in [9.17, 15) is 5.11 Å². The van der Waals surface area contributed by atoms with Gasteiger partial charge in [-0.3, -0.25) is 0 Å². The molecule has 0 spiro atoms. The largest absolute Gasteiger partial charge is 0.396 e. The van der Waals surface area contributed by atoms with Crippen LogP contribution in [0.4, 0.5) is 0 Å². The molecule has 0 aliphatic heterocycles. The van der Waals surface area contributed by atoms with Gasteiger partial charge in [-0.1, -0.05) is 39.5 Å². The van der Waals surface area contributed by atoms with Gasteiger partial charge in [0.1, 0.15) is 0 Å². The highest BCUT2D eigenvalue weighted by atomic mass is 16.3. The smallest absolute Gasteiger partial charge is 0.0664 e. The SMILES string of the molecule is CCCCCCC(O)CNCC(C)CO. The van der Waals surface area contributed by atoms with Crippen molar-refractivity contribution in [2.45, 2.75) is 52.1 Å². The molecule has 0 bridgehead atoms. The zero-order valence-electron chi connectivity index (χ0n) is 10.2. The summed E-state index contributed by atoms with van der Waals surface area (Å²) in [6.07, 6.45) is 5.50. The lowest BCUT2D eigenvalue weighted by atomic mass is 10.1. The first kappa shape index (κ1) is 14.9. The summed E-state index contributed by atoms with van der Waals surface area (Å²) in [5.74, 6) is 0.275. The molecule has 3 heteroatoms. The minimum Gasteiger partial charge on any atom is -0.396 e. The highest BCUT2D eigenvalue weighted by molar-refractivity contribution is 4.62. The Morgan fingerprint density at radius 1 is 1.13 bits per heavy atom. The van der Waals surface area contributed by atoms with Gasteiger partial charge in [0.15, 0.2) is 0 Å². The predicted octanol–water partition coefficient (Wildman–Crippen LogP) is 1.54. The van der Waals surface area contributed by atoms with Crippen molar-refractivity contribution in [2.24, 2.45) is 5.92 Å². The van der Waals surface area contributed by atoms with Crippen LogP contribution < -0.4 is 5.32 Å².